The molecule has 0 saturated carbocycles. The second-order valence-electron chi connectivity index (χ2n) is 7.10. The third kappa shape index (κ3) is 5.75. The third-order valence-electron chi connectivity index (χ3n) is 4.81. The van der Waals surface area contributed by atoms with Crippen molar-refractivity contribution < 1.29 is 26.3 Å². The summed E-state index contributed by atoms with van der Waals surface area (Å²) in [6.07, 6.45) is -4.35. The van der Waals surface area contributed by atoms with Gasteiger partial charge in [0.1, 0.15) is 5.75 Å². The average molecular weight is 515 g/mol. The van der Waals surface area contributed by atoms with Crippen molar-refractivity contribution in [2.45, 2.75) is 27.5 Å². The number of hydrogen-bond acceptors (Lipinski definition) is 5. The predicted molar refractivity (Wildman–Crippen MR) is 122 cm³/mol. The van der Waals surface area contributed by atoms with Crippen LogP contribution in [0, 0.1) is 0 Å². The van der Waals surface area contributed by atoms with E-state index < -0.39 is 22.1 Å². The molecule has 0 aliphatic carbocycles. The molecule has 0 amide bonds. The van der Waals surface area contributed by atoms with Crippen LogP contribution in [-0.2, 0) is 10.0 Å². The summed E-state index contributed by atoms with van der Waals surface area (Å²) >= 11 is 7.85. The number of nitrogens with one attached hydrogen (secondary N) is 1. The molecule has 3 aromatic carbocycles. The highest BCUT2D eigenvalue weighted by Gasteiger charge is 2.31. The van der Waals surface area contributed by atoms with Crippen molar-refractivity contribution in [1.29, 1.82) is 0 Å². The molecule has 1 N–H and O–H groups in total. The van der Waals surface area contributed by atoms with Crippen LogP contribution in [0.3, 0.4) is 0 Å². The number of anilines is 2. The molecule has 174 valence electrons. The van der Waals surface area contributed by atoms with Gasteiger partial charge in [0.05, 0.1) is 16.3 Å². The number of rotatable bonds is 7. The van der Waals surface area contributed by atoms with Gasteiger partial charge in [0.15, 0.2) is 0 Å². The molecule has 0 aromatic heterocycles. The Kier molecular flexibility index (Phi) is 6.81. The lowest BCUT2D eigenvalue weighted by molar-refractivity contribution is -0.274. The van der Waals surface area contributed by atoms with Gasteiger partial charge in [-0.3, -0.25) is 0 Å². The number of ether oxygens (including phenoxy) is 1. The predicted octanol–water partition coefficient (Wildman–Crippen LogP) is 6.21. The van der Waals surface area contributed by atoms with Gasteiger partial charge < -0.3 is 9.64 Å². The normalized spacial score (nSPS) is 13.4. The summed E-state index contributed by atoms with van der Waals surface area (Å²) in [5.41, 5.74) is 1.97. The van der Waals surface area contributed by atoms with E-state index in [1.165, 1.54) is 0 Å². The summed E-state index contributed by atoms with van der Waals surface area (Å²) in [6, 6.07) is 17.7. The Morgan fingerprint density at radius 3 is 2.39 bits per heavy atom. The first-order valence-electron chi connectivity index (χ1n) is 9.82. The highest BCUT2D eigenvalue weighted by atomic mass is 35.5. The van der Waals surface area contributed by atoms with Crippen LogP contribution in [0.5, 0.6) is 5.75 Å². The molecule has 0 fully saturated rings. The first-order valence-corrected chi connectivity index (χ1v) is 12.5. The molecular formula is C22H18ClF3N2O3S2. The lowest BCUT2D eigenvalue weighted by Gasteiger charge is -2.33. The van der Waals surface area contributed by atoms with E-state index in [9.17, 15) is 21.6 Å². The molecule has 0 bridgehead atoms. The van der Waals surface area contributed by atoms with Crippen LogP contribution in [0.15, 0.2) is 81.4 Å². The highest BCUT2D eigenvalue weighted by Crippen LogP contribution is 2.48. The van der Waals surface area contributed by atoms with Crippen LogP contribution >= 0.6 is 23.4 Å². The second kappa shape index (κ2) is 9.46. The number of halogens is 4. The van der Waals surface area contributed by atoms with E-state index in [-0.39, 0.29) is 11.4 Å². The lowest BCUT2D eigenvalue weighted by Crippen LogP contribution is -2.29. The molecule has 0 saturated heterocycles. The molecule has 0 unspecified atom stereocenters. The summed E-state index contributed by atoms with van der Waals surface area (Å²) in [4.78, 5) is 4.10. The van der Waals surface area contributed by atoms with Crippen LogP contribution in [0.2, 0.25) is 5.02 Å². The lowest BCUT2D eigenvalue weighted by atomic mass is 10.2. The van der Waals surface area contributed by atoms with E-state index in [4.69, 9.17) is 11.6 Å². The Morgan fingerprint density at radius 2 is 1.67 bits per heavy atom. The minimum Gasteiger partial charge on any atom is -0.406 e. The van der Waals surface area contributed by atoms with Crippen LogP contribution < -0.4 is 14.4 Å². The number of alkyl halides is 3. The van der Waals surface area contributed by atoms with Gasteiger partial charge in [0, 0.05) is 27.9 Å². The summed E-state index contributed by atoms with van der Waals surface area (Å²) in [5, 5.41) is 0.609. The van der Waals surface area contributed by atoms with Crippen molar-refractivity contribution in [2.75, 3.05) is 18.0 Å². The van der Waals surface area contributed by atoms with Crippen molar-refractivity contribution in [1.82, 2.24) is 4.72 Å². The maximum atomic E-state index is 12.5. The standard InChI is InChI=1S/C22H18ClF3N2O3S2/c23-15-6-11-21-19(14-15)28(18-4-1-2-5-20(18)32-21)13-3-12-27-33(29,30)17-9-7-16(8-10-17)31-22(24,25)26/h1-2,4-11,14,27H,3,12-13H2. The second-order valence-corrected chi connectivity index (χ2v) is 10.4. The van der Waals surface area contributed by atoms with Gasteiger partial charge in [0.2, 0.25) is 10.0 Å². The Labute approximate surface area is 198 Å². The van der Waals surface area contributed by atoms with Crippen molar-refractivity contribution in [2.24, 2.45) is 0 Å². The minimum atomic E-state index is -4.84. The summed E-state index contributed by atoms with van der Waals surface area (Å²) in [7, 11) is -3.88. The van der Waals surface area contributed by atoms with Gasteiger partial charge in [-0.1, -0.05) is 35.5 Å². The van der Waals surface area contributed by atoms with Gasteiger partial charge in [-0.25, -0.2) is 13.1 Å². The van der Waals surface area contributed by atoms with Crippen LogP contribution in [0.1, 0.15) is 6.42 Å². The number of sulfonamides is 1. The van der Waals surface area contributed by atoms with Crippen molar-refractivity contribution in [3.8, 4) is 5.75 Å². The molecule has 0 spiro atoms. The summed E-state index contributed by atoms with van der Waals surface area (Å²) in [5.74, 6) is -0.486. The van der Waals surface area contributed by atoms with E-state index in [0.29, 0.717) is 18.0 Å². The third-order valence-corrected chi connectivity index (χ3v) is 7.65. The number of nitrogens with zero attached hydrogens (tertiary/aromatic N) is 1. The molecule has 1 aliphatic rings. The van der Waals surface area contributed by atoms with Crippen LogP contribution in [0.25, 0.3) is 0 Å². The number of fused-ring (bicyclic) bond motifs is 2. The summed E-state index contributed by atoms with van der Waals surface area (Å²) in [6.45, 7) is 0.677. The fourth-order valence-corrected chi connectivity index (χ4v) is 5.71. The Balaban J connectivity index is 1.41. The highest BCUT2D eigenvalue weighted by molar-refractivity contribution is 7.99. The molecular weight excluding hydrogens is 497 g/mol. The average Bonchev–Trinajstić information content (AvgIpc) is 2.75. The van der Waals surface area contributed by atoms with Gasteiger partial charge in [-0.15, -0.1) is 13.2 Å². The molecule has 3 aromatic rings. The van der Waals surface area contributed by atoms with Crippen molar-refractivity contribution in [3.63, 3.8) is 0 Å². The number of para-hydroxylation sites is 1. The topological polar surface area (TPSA) is 58.6 Å². The van der Waals surface area contributed by atoms with E-state index in [1.807, 2.05) is 42.5 Å². The van der Waals surface area contributed by atoms with Gasteiger partial charge in [0.25, 0.3) is 0 Å². The van der Waals surface area contributed by atoms with Crippen LogP contribution in [0.4, 0.5) is 24.5 Å². The quantitative estimate of drug-likeness (QED) is 0.380. The fraction of sp³-hybridized carbons (Fsp3) is 0.182. The zero-order chi connectivity index (χ0) is 23.6. The number of hydrogen-bond donors (Lipinski definition) is 1. The largest absolute Gasteiger partial charge is 0.573 e. The molecule has 0 atom stereocenters. The maximum Gasteiger partial charge on any atom is 0.573 e. The molecule has 0 radical (unpaired) electrons. The first kappa shape index (κ1) is 23.7. The zero-order valence-electron chi connectivity index (χ0n) is 17.0. The number of benzene rings is 3. The van der Waals surface area contributed by atoms with E-state index in [2.05, 4.69) is 14.4 Å². The van der Waals surface area contributed by atoms with Gasteiger partial charge >= 0.3 is 6.36 Å². The van der Waals surface area contributed by atoms with Gasteiger partial charge in [-0.05, 0) is 61.0 Å². The molecule has 33 heavy (non-hydrogen) atoms. The van der Waals surface area contributed by atoms with Crippen LogP contribution in [-0.4, -0.2) is 27.9 Å². The van der Waals surface area contributed by atoms with Crippen molar-refractivity contribution in [3.05, 3.63) is 71.8 Å². The Hall–Kier alpha value is -2.40. The maximum absolute atomic E-state index is 12.5. The van der Waals surface area contributed by atoms with Crippen molar-refractivity contribution >= 4 is 44.8 Å². The first-order chi connectivity index (χ1) is 15.6. The molecule has 4 rings (SSSR count). The summed E-state index contributed by atoms with van der Waals surface area (Å²) < 4.78 is 68.1. The minimum absolute atomic E-state index is 0.144. The van der Waals surface area contributed by atoms with E-state index >= 15 is 0 Å². The Bertz CT molecular complexity index is 1250. The monoisotopic (exact) mass is 514 g/mol. The smallest absolute Gasteiger partial charge is 0.406 e. The SMILES string of the molecule is O=S(=O)(NCCCN1c2ccccc2Sc2ccc(Cl)cc21)c1ccc(OC(F)(F)F)cc1. The molecule has 5 nitrogen and oxygen atoms in total. The molecule has 1 heterocycles. The Morgan fingerprint density at radius 1 is 0.970 bits per heavy atom. The molecule has 1 aliphatic heterocycles. The molecule has 11 heteroatoms. The zero-order valence-corrected chi connectivity index (χ0v) is 19.4. The fourth-order valence-electron chi connectivity index (χ4n) is 3.39. The van der Waals surface area contributed by atoms with E-state index in [0.717, 1.165) is 45.4 Å². The van der Waals surface area contributed by atoms with Gasteiger partial charge in [-0.2, -0.15) is 0 Å². The van der Waals surface area contributed by atoms with E-state index in [1.54, 1.807) is 11.8 Å².